The number of alkyl halides is 3. The molecule has 1 unspecified atom stereocenters. The number of rotatable bonds is 5. The summed E-state index contributed by atoms with van der Waals surface area (Å²) in [6, 6.07) is 13.7. The van der Waals surface area contributed by atoms with E-state index in [0.29, 0.717) is 5.56 Å². The fourth-order valence-electron chi connectivity index (χ4n) is 3.39. The summed E-state index contributed by atoms with van der Waals surface area (Å²) in [5.41, 5.74) is 2.63. The summed E-state index contributed by atoms with van der Waals surface area (Å²) in [5.74, 6) is -0.619. The predicted molar refractivity (Wildman–Crippen MR) is 117 cm³/mol. The third-order valence-electron chi connectivity index (χ3n) is 5.23. The van der Waals surface area contributed by atoms with Gasteiger partial charge in [0.25, 0.3) is 5.91 Å². The monoisotopic (exact) mass is 453 g/mol. The van der Waals surface area contributed by atoms with E-state index in [1.54, 1.807) is 50.4 Å². The fourth-order valence-corrected chi connectivity index (χ4v) is 3.39. The Balaban J connectivity index is 2.05. The van der Waals surface area contributed by atoms with Crippen LogP contribution >= 0.6 is 0 Å². The second-order valence-corrected chi connectivity index (χ2v) is 7.88. The Morgan fingerprint density at radius 2 is 1.82 bits per heavy atom. The number of aliphatic hydroxyl groups excluding tert-OH is 1. The zero-order valence-electron chi connectivity index (χ0n) is 18.2. The van der Waals surface area contributed by atoms with E-state index < -0.39 is 29.8 Å². The van der Waals surface area contributed by atoms with Gasteiger partial charge in [-0.25, -0.2) is 0 Å². The minimum atomic E-state index is -4.92. The first kappa shape index (κ1) is 24.0. The van der Waals surface area contributed by atoms with Gasteiger partial charge < -0.3 is 10.4 Å². The van der Waals surface area contributed by atoms with Gasteiger partial charge in [0.15, 0.2) is 6.10 Å². The number of aromatic nitrogens is 1. The molecule has 0 aliphatic rings. The number of hydrogen-bond donors (Lipinski definition) is 2. The van der Waals surface area contributed by atoms with Crippen molar-refractivity contribution in [1.82, 2.24) is 10.3 Å². The predicted octanol–water partition coefficient (Wildman–Crippen LogP) is 5.32. The largest absolute Gasteiger partial charge is 0.418 e. The van der Waals surface area contributed by atoms with Gasteiger partial charge in [0.05, 0.1) is 17.7 Å². The maximum atomic E-state index is 13.3. The number of benzene rings is 2. The Hall–Kier alpha value is -3.70. The number of pyridine rings is 1. The minimum Gasteiger partial charge on any atom is -0.379 e. The number of halogens is 3. The van der Waals surface area contributed by atoms with Crippen LogP contribution in [0.4, 0.5) is 13.2 Å². The van der Waals surface area contributed by atoms with Crippen LogP contribution < -0.4 is 5.32 Å². The molecule has 0 radical (unpaired) electrons. The van der Waals surface area contributed by atoms with E-state index >= 15 is 0 Å². The Labute approximate surface area is 189 Å². The van der Waals surface area contributed by atoms with Crippen LogP contribution in [0.2, 0.25) is 0 Å². The maximum Gasteiger partial charge on any atom is 0.418 e. The van der Waals surface area contributed by atoms with Crippen LogP contribution in [0.5, 0.6) is 0 Å². The first-order chi connectivity index (χ1) is 15.5. The van der Waals surface area contributed by atoms with Gasteiger partial charge in [0.2, 0.25) is 0 Å². The summed E-state index contributed by atoms with van der Waals surface area (Å²) in [6.07, 6.45) is -6.08. The standard InChI is InChI=1S/C25H22F3N3O2/c1-14-4-7-22(21(8-14)12-29)18-9-19(23(32)25(26,27)28)11-20(10-18)24(33)31-16(3)17-6-5-15(2)30-13-17/h4-11,13,16,23,32H,1-3H3,(H,31,33)/t16-,23?/m1/s1. The number of nitrogens with zero attached hydrogens (tertiary/aromatic N) is 2. The highest BCUT2D eigenvalue weighted by Crippen LogP contribution is 2.36. The number of carbonyl (C=O) groups is 1. The van der Waals surface area contributed by atoms with E-state index in [4.69, 9.17) is 0 Å². The molecule has 3 aromatic rings. The first-order valence-corrected chi connectivity index (χ1v) is 10.1. The van der Waals surface area contributed by atoms with E-state index in [0.717, 1.165) is 29.0 Å². The molecule has 1 aromatic heterocycles. The first-order valence-electron chi connectivity index (χ1n) is 10.1. The molecule has 2 aromatic carbocycles. The molecule has 0 saturated carbocycles. The van der Waals surface area contributed by atoms with Gasteiger partial charge in [-0.1, -0.05) is 18.2 Å². The molecule has 1 heterocycles. The molecule has 2 atom stereocenters. The van der Waals surface area contributed by atoms with Crippen LogP contribution in [-0.2, 0) is 0 Å². The highest BCUT2D eigenvalue weighted by Gasteiger charge is 2.40. The maximum absolute atomic E-state index is 13.3. The van der Waals surface area contributed by atoms with Crippen molar-refractivity contribution in [3.05, 3.63) is 88.2 Å². The van der Waals surface area contributed by atoms with Crippen molar-refractivity contribution in [3.63, 3.8) is 0 Å². The van der Waals surface area contributed by atoms with Gasteiger partial charge >= 0.3 is 6.18 Å². The Morgan fingerprint density at radius 1 is 1.09 bits per heavy atom. The number of aryl methyl sites for hydroxylation is 2. The topological polar surface area (TPSA) is 86.0 Å². The molecule has 3 rings (SSSR count). The normalized spacial score (nSPS) is 13.2. The molecule has 2 N–H and O–H groups in total. The molecule has 0 aliphatic carbocycles. The minimum absolute atomic E-state index is 0.0674. The molecule has 5 nitrogen and oxygen atoms in total. The Morgan fingerprint density at radius 3 is 2.42 bits per heavy atom. The summed E-state index contributed by atoms with van der Waals surface area (Å²) >= 11 is 0. The van der Waals surface area contributed by atoms with Crippen LogP contribution in [0.25, 0.3) is 11.1 Å². The fraction of sp³-hybridized carbons (Fsp3) is 0.240. The molecule has 0 saturated heterocycles. The van der Waals surface area contributed by atoms with E-state index in [2.05, 4.69) is 10.3 Å². The summed E-state index contributed by atoms with van der Waals surface area (Å²) in [5, 5.41) is 22.1. The van der Waals surface area contributed by atoms with Crippen LogP contribution in [0, 0.1) is 25.2 Å². The number of carbonyl (C=O) groups excluding carboxylic acids is 1. The molecule has 0 bridgehead atoms. The second-order valence-electron chi connectivity index (χ2n) is 7.88. The third-order valence-corrected chi connectivity index (χ3v) is 5.23. The molecule has 0 fully saturated rings. The van der Waals surface area contributed by atoms with E-state index in [9.17, 15) is 28.3 Å². The summed E-state index contributed by atoms with van der Waals surface area (Å²) in [4.78, 5) is 17.1. The lowest BCUT2D eigenvalue weighted by Gasteiger charge is -2.19. The zero-order chi connectivity index (χ0) is 24.3. The van der Waals surface area contributed by atoms with Crippen molar-refractivity contribution in [2.75, 3.05) is 0 Å². The van der Waals surface area contributed by atoms with Crippen LogP contribution in [0.15, 0.2) is 54.7 Å². The number of nitrogens with one attached hydrogen (secondary N) is 1. The van der Waals surface area contributed by atoms with Crippen molar-refractivity contribution >= 4 is 5.91 Å². The average Bonchev–Trinajstić information content (AvgIpc) is 2.77. The molecule has 0 spiro atoms. The van der Waals surface area contributed by atoms with Crippen LogP contribution in [0.3, 0.4) is 0 Å². The van der Waals surface area contributed by atoms with Gasteiger partial charge in [-0.2, -0.15) is 18.4 Å². The average molecular weight is 453 g/mol. The Bertz CT molecular complexity index is 1220. The number of amides is 1. The number of nitriles is 1. The molecular weight excluding hydrogens is 431 g/mol. The molecule has 8 heteroatoms. The molecular formula is C25H22F3N3O2. The smallest absolute Gasteiger partial charge is 0.379 e. The number of hydrogen-bond acceptors (Lipinski definition) is 4. The summed E-state index contributed by atoms with van der Waals surface area (Å²) < 4.78 is 39.8. The SMILES string of the molecule is Cc1ccc(-c2cc(C(=O)N[C@H](C)c3ccc(C)nc3)cc(C(O)C(F)(F)F)c2)c(C#N)c1. The lowest BCUT2D eigenvalue weighted by molar-refractivity contribution is -0.206. The van der Waals surface area contributed by atoms with Gasteiger partial charge in [0, 0.05) is 17.5 Å². The molecule has 170 valence electrons. The van der Waals surface area contributed by atoms with Crippen LogP contribution in [-0.4, -0.2) is 22.2 Å². The summed E-state index contributed by atoms with van der Waals surface area (Å²) in [6.45, 7) is 5.34. The van der Waals surface area contributed by atoms with Crippen molar-refractivity contribution < 1.29 is 23.1 Å². The molecule has 0 aliphatic heterocycles. The lowest BCUT2D eigenvalue weighted by Crippen LogP contribution is -2.27. The molecule has 33 heavy (non-hydrogen) atoms. The van der Waals surface area contributed by atoms with Gasteiger partial charge in [-0.05, 0) is 78.9 Å². The van der Waals surface area contributed by atoms with Crippen LogP contribution in [0.1, 0.15) is 57.4 Å². The van der Waals surface area contributed by atoms with E-state index in [1.165, 1.54) is 6.07 Å². The zero-order valence-corrected chi connectivity index (χ0v) is 18.2. The van der Waals surface area contributed by atoms with Gasteiger partial charge in [-0.3, -0.25) is 9.78 Å². The highest BCUT2D eigenvalue weighted by molar-refractivity contribution is 5.96. The second kappa shape index (κ2) is 9.43. The quantitative estimate of drug-likeness (QED) is 0.547. The van der Waals surface area contributed by atoms with Crippen molar-refractivity contribution in [3.8, 4) is 17.2 Å². The summed E-state index contributed by atoms with van der Waals surface area (Å²) in [7, 11) is 0. The van der Waals surface area contributed by atoms with Crippen molar-refractivity contribution in [2.45, 2.75) is 39.1 Å². The lowest BCUT2D eigenvalue weighted by atomic mass is 9.93. The van der Waals surface area contributed by atoms with Crippen molar-refractivity contribution in [2.24, 2.45) is 0 Å². The van der Waals surface area contributed by atoms with Gasteiger partial charge in [0.1, 0.15) is 0 Å². The molecule has 1 amide bonds. The number of aliphatic hydroxyl groups is 1. The van der Waals surface area contributed by atoms with E-state index in [-0.39, 0.29) is 16.7 Å². The van der Waals surface area contributed by atoms with Crippen molar-refractivity contribution in [1.29, 1.82) is 5.26 Å². The highest BCUT2D eigenvalue weighted by atomic mass is 19.4. The van der Waals surface area contributed by atoms with Gasteiger partial charge in [-0.15, -0.1) is 0 Å². The van der Waals surface area contributed by atoms with E-state index in [1.807, 2.05) is 13.0 Å². The third kappa shape index (κ3) is 5.57. The Kier molecular flexibility index (Phi) is 6.84.